The molecule has 3 aromatic rings. The largest absolute Gasteiger partial charge is 0.293 e. The summed E-state index contributed by atoms with van der Waals surface area (Å²) < 4.78 is 0.863. The first-order valence-corrected chi connectivity index (χ1v) is 8.52. The van der Waals surface area contributed by atoms with Crippen molar-refractivity contribution >= 4 is 38.4 Å². The third-order valence-electron chi connectivity index (χ3n) is 4.64. The summed E-state index contributed by atoms with van der Waals surface area (Å²) >= 11 is 3.44. The number of Topliss-reactive ketones (excluding diaryl/α,β-unsaturated/α-hetero) is 2. The maximum absolute atomic E-state index is 13.2. The molecule has 24 heavy (non-hydrogen) atoms. The number of halogens is 1. The number of ketones is 2. The van der Waals surface area contributed by atoms with Crippen LogP contribution in [0.4, 0.5) is 0 Å². The van der Waals surface area contributed by atoms with E-state index in [1.54, 1.807) is 6.92 Å². The SMILES string of the molecule is Cc1ccccc1C1C(=O)c2c(C)nc3ccc(Br)cc3c2C1=O. The Hall–Kier alpha value is -2.33. The Balaban J connectivity index is 2.03. The molecule has 0 saturated heterocycles. The highest BCUT2D eigenvalue weighted by Gasteiger charge is 2.42. The van der Waals surface area contributed by atoms with Crippen LogP contribution in [-0.2, 0) is 0 Å². The van der Waals surface area contributed by atoms with Crippen LogP contribution in [0.3, 0.4) is 0 Å². The molecule has 1 atom stereocenters. The van der Waals surface area contributed by atoms with Gasteiger partial charge in [-0.3, -0.25) is 14.6 Å². The number of rotatable bonds is 1. The number of pyridine rings is 1. The molecule has 0 spiro atoms. The molecule has 3 nitrogen and oxygen atoms in total. The molecule has 0 amide bonds. The van der Waals surface area contributed by atoms with Gasteiger partial charge < -0.3 is 0 Å². The zero-order chi connectivity index (χ0) is 17.0. The molecular weight excluding hydrogens is 366 g/mol. The summed E-state index contributed by atoms with van der Waals surface area (Å²) in [6.45, 7) is 3.73. The van der Waals surface area contributed by atoms with E-state index in [4.69, 9.17) is 0 Å². The molecule has 0 saturated carbocycles. The Morgan fingerprint density at radius 2 is 1.67 bits per heavy atom. The van der Waals surface area contributed by atoms with Gasteiger partial charge in [-0.2, -0.15) is 0 Å². The van der Waals surface area contributed by atoms with Gasteiger partial charge in [-0.25, -0.2) is 0 Å². The fourth-order valence-electron chi connectivity index (χ4n) is 3.52. The predicted molar refractivity (Wildman–Crippen MR) is 96.8 cm³/mol. The van der Waals surface area contributed by atoms with Crippen LogP contribution in [0.1, 0.15) is 43.5 Å². The van der Waals surface area contributed by atoms with Crippen LogP contribution in [0.2, 0.25) is 0 Å². The Morgan fingerprint density at radius 1 is 0.958 bits per heavy atom. The average molecular weight is 380 g/mol. The normalized spacial score (nSPS) is 16.7. The van der Waals surface area contributed by atoms with E-state index < -0.39 is 5.92 Å². The molecule has 1 unspecified atom stereocenters. The van der Waals surface area contributed by atoms with Crippen molar-refractivity contribution in [2.24, 2.45) is 0 Å². The van der Waals surface area contributed by atoms with Gasteiger partial charge in [-0.05, 0) is 43.2 Å². The second kappa shape index (κ2) is 5.35. The van der Waals surface area contributed by atoms with Gasteiger partial charge >= 0.3 is 0 Å². The molecule has 0 fully saturated rings. The molecule has 2 aromatic carbocycles. The highest BCUT2D eigenvalue weighted by atomic mass is 79.9. The third-order valence-corrected chi connectivity index (χ3v) is 5.14. The molecule has 0 N–H and O–H groups in total. The van der Waals surface area contributed by atoms with E-state index in [0.29, 0.717) is 16.8 Å². The number of hydrogen-bond acceptors (Lipinski definition) is 3. The number of aromatic nitrogens is 1. The van der Waals surface area contributed by atoms with Crippen LogP contribution in [0, 0.1) is 13.8 Å². The lowest BCUT2D eigenvalue weighted by atomic mass is 9.90. The Kier molecular flexibility index (Phi) is 3.39. The lowest BCUT2D eigenvalue weighted by Gasteiger charge is -2.10. The number of benzene rings is 2. The fourth-order valence-corrected chi connectivity index (χ4v) is 3.88. The van der Waals surface area contributed by atoms with Crippen molar-refractivity contribution in [3.8, 4) is 0 Å². The number of fused-ring (bicyclic) bond motifs is 3. The number of carbonyl (C=O) groups excluding carboxylic acids is 2. The third kappa shape index (κ3) is 2.06. The topological polar surface area (TPSA) is 47.0 Å². The zero-order valence-corrected chi connectivity index (χ0v) is 14.8. The summed E-state index contributed by atoms with van der Waals surface area (Å²) in [4.78, 5) is 30.7. The molecule has 0 radical (unpaired) electrons. The Morgan fingerprint density at radius 3 is 2.42 bits per heavy atom. The van der Waals surface area contributed by atoms with Gasteiger partial charge in [0.25, 0.3) is 0 Å². The predicted octanol–water partition coefficient (Wildman–Crippen LogP) is 4.78. The molecule has 0 aliphatic heterocycles. The molecule has 4 heteroatoms. The highest BCUT2D eigenvalue weighted by Crippen LogP contribution is 2.40. The smallest absolute Gasteiger partial charge is 0.180 e. The van der Waals surface area contributed by atoms with Crippen LogP contribution in [0.25, 0.3) is 10.9 Å². The highest BCUT2D eigenvalue weighted by molar-refractivity contribution is 9.10. The summed E-state index contributed by atoms with van der Waals surface area (Å²) in [7, 11) is 0. The quantitative estimate of drug-likeness (QED) is 0.571. The maximum Gasteiger partial charge on any atom is 0.180 e. The summed E-state index contributed by atoms with van der Waals surface area (Å²) in [5.74, 6) is -1.03. The second-order valence-electron chi connectivity index (χ2n) is 6.13. The monoisotopic (exact) mass is 379 g/mol. The zero-order valence-electron chi connectivity index (χ0n) is 13.3. The number of nitrogens with zero attached hydrogens (tertiary/aromatic N) is 1. The van der Waals surface area contributed by atoms with Crippen molar-refractivity contribution in [2.75, 3.05) is 0 Å². The molecule has 4 rings (SSSR count). The molecule has 1 aromatic heterocycles. The summed E-state index contributed by atoms with van der Waals surface area (Å²) in [5, 5.41) is 0.736. The molecule has 118 valence electrons. The van der Waals surface area contributed by atoms with E-state index in [9.17, 15) is 9.59 Å². The van der Waals surface area contributed by atoms with Crippen molar-refractivity contribution < 1.29 is 9.59 Å². The summed E-state index contributed by atoms with van der Waals surface area (Å²) in [6.07, 6.45) is 0. The van der Waals surface area contributed by atoms with Crippen LogP contribution in [0.15, 0.2) is 46.9 Å². The van der Waals surface area contributed by atoms with Gasteiger partial charge in [0.05, 0.1) is 11.1 Å². The van der Waals surface area contributed by atoms with Gasteiger partial charge in [-0.1, -0.05) is 40.2 Å². The van der Waals surface area contributed by atoms with Crippen LogP contribution in [-0.4, -0.2) is 16.6 Å². The van der Waals surface area contributed by atoms with Crippen LogP contribution < -0.4 is 0 Å². The van der Waals surface area contributed by atoms with Crippen molar-refractivity contribution in [1.29, 1.82) is 0 Å². The first kappa shape index (κ1) is 15.2. The number of carbonyl (C=O) groups is 2. The second-order valence-corrected chi connectivity index (χ2v) is 7.04. The average Bonchev–Trinajstić information content (AvgIpc) is 2.81. The Labute approximate surface area is 147 Å². The van der Waals surface area contributed by atoms with Crippen molar-refractivity contribution in [3.05, 3.63) is 74.9 Å². The lowest BCUT2D eigenvalue weighted by molar-refractivity contribution is 0.0890. The minimum atomic E-state index is -0.758. The minimum Gasteiger partial charge on any atom is -0.293 e. The number of hydrogen-bond donors (Lipinski definition) is 0. The summed E-state index contributed by atoms with van der Waals surface area (Å²) in [6, 6.07) is 13.2. The van der Waals surface area contributed by atoms with E-state index in [2.05, 4.69) is 20.9 Å². The first-order valence-electron chi connectivity index (χ1n) is 7.73. The maximum atomic E-state index is 13.2. The van der Waals surface area contributed by atoms with Crippen molar-refractivity contribution in [2.45, 2.75) is 19.8 Å². The molecular formula is C20H14BrNO2. The van der Waals surface area contributed by atoms with Gasteiger partial charge in [-0.15, -0.1) is 0 Å². The van der Waals surface area contributed by atoms with E-state index in [-0.39, 0.29) is 11.6 Å². The van der Waals surface area contributed by atoms with Crippen LogP contribution >= 0.6 is 15.9 Å². The summed E-state index contributed by atoms with van der Waals surface area (Å²) in [5.41, 5.74) is 4.07. The fraction of sp³-hybridized carbons (Fsp3) is 0.150. The van der Waals surface area contributed by atoms with Crippen LogP contribution in [0.5, 0.6) is 0 Å². The van der Waals surface area contributed by atoms with E-state index >= 15 is 0 Å². The van der Waals surface area contributed by atoms with Gasteiger partial charge in [0.2, 0.25) is 0 Å². The van der Waals surface area contributed by atoms with E-state index in [0.717, 1.165) is 26.5 Å². The molecule has 0 bridgehead atoms. The van der Waals surface area contributed by atoms with Gasteiger partial charge in [0.1, 0.15) is 5.92 Å². The van der Waals surface area contributed by atoms with E-state index in [1.807, 2.05) is 49.4 Å². The molecule has 1 aliphatic carbocycles. The Bertz CT molecular complexity index is 1040. The van der Waals surface area contributed by atoms with Crippen molar-refractivity contribution in [1.82, 2.24) is 4.98 Å². The van der Waals surface area contributed by atoms with Crippen molar-refractivity contribution in [3.63, 3.8) is 0 Å². The minimum absolute atomic E-state index is 0.127. The van der Waals surface area contributed by atoms with E-state index in [1.165, 1.54) is 0 Å². The first-order chi connectivity index (χ1) is 11.5. The lowest BCUT2D eigenvalue weighted by Crippen LogP contribution is -2.14. The standard InChI is InChI=1S/C20H14BrNO2/c1-10-5-3-4-6-13(10)18-19(23)16-11(2)22-15-8-7-12(21)9-14(15)17(16)20(18)24/h3-9,18H,1-2H3. The van der Waals surface area contributed by atoms with Gasteiger partial charge in [0, 0.05) is 21.1 Å². The molecule has 1 heterocycles. The van der Waals surface area contributed by atoms with Gasteiger partial charge in [0.15, 0.2) is 11.6 Å². The molecule has 1 aliphatic rings. The number of aryl methyl sites for hydroxylation is 2.